The highest BCUT2D eigenvalue weighted by atomic mass is 79.9. The maximum absolute atomic E-state index is 13.3. The molecule has 0 radical (unpaired) electrons. The lowest BCUT2D eigenvalue weighted by atomic mass is 9.99. The van der Waals surface area contributed by atoms with Crippen molar-refractivity contribution in [1.82, 2.24) is 0 Å². The molecule has 0 aliphatic carbocycles. The van der Waals surface area contributed by atoms with Gasteiger partial charge in [-0.15, -0.1) is 0 Å². The summed E-state index contributed by atoms with van der Waals surface area (Å²) in [6, 6.07) is 6.73. The fourth-order valence-corrected chi connectivity index (χ4v) is 2.29. The number of hydrogen-bond donors (Lipinski definition) is 0. The Balaban J connectivity index is 2.38. The summed E-state index contributed by atoms with van der Waals surface area (Å²) in [5, 5.41) is 0.919. The topological polar surface area (TPSA) is 9.23 Å². The molecule has 1 aromatic rings. The van der Waals surface area contributed by atoms with Crippen LogP contribution >= 0.6 is 15.9 Å². The molecule has 0 amide bonds. The lowest BCUT2D eigenvalue weighted by Gasteiger charge is -2.18. The zero-order chi connectivity index (χ0) is 12.0. The number of ether oxygens (including phenoxy) is 1. The Morgan fingerprint density at radius 3 is 2.56 bits per heavy atom. The van der Waals surface area contributed by atoms with Crippen molar-refractivity contribution in [3.8, 4) is 0 Å². The fraction of sp³-hybridized carbons (Fsp3) is 0.538. The summed E-state index contributed by atoms with van der Waals surface area (Å²) in [7, 11) is 0. The second kappa shape index (κ2) is 7.02. The average Bonchev–Trinajstić information content (AvgIpc) is 2.26. The van der Waals surface area contributed by atoms with Crippen molar-refractivity contribution in [2.45, 2.75) is 20.5 Å². The van der Waals surface area contributed by atoms with Gasteiger partial charge in [-0.1, -0.05) is 48.0 Å². The van der Waals surface area contributed by atoms with E-state index in [1.54, 1.807) is 12.1 Å². The van der Waals surface area contributed by atoms with Crippen molar-refractivity contribution in [1.29, 1.82) is 0 Å². The van der Waals surface area contributed by atoms with Crippen molar-refractivity contribution >= 4 is 15.9 Å². The minimum atomic E-state index is -0.192. The summed E-state index contributed by atoms with van der Waals surface area (Å²) >= 11 is 3.46. The number of benzene rings is 1. The Morgan fingerprint density at radius 1 is 1.31 bits per heavy atom. The van der Waals surface area contributed by atoms with Gasteiger partial charge in [0.15, 0.2) is 0 Å². The summed E-state index contributed by atoms with van der Waals surface area (Å²) in [5.41, 5.74) is 0.625. The molecular formula is C13H18BrFO. The molecule has 1 rings (SSSR count). The third-order valence-corrected chi connectivity index (χ3v) is 3.52. The maximum atomic E-state index is 13.3. The molecule has 1 aromatic carbocycles. The monoisotopic (exact) mass is 288 g/mol. The van der Waals surface area contributed by atoms with Crippen molar-refractivity contribution in [2.24, 2.45) is 11.8 Å². The zero-order valence-corrected chi connectivity index (χ0v) is 11.3. The smallest absolute Gasteiger partial charge is 0.128 e. The van der Waals surface area contributed by atoms with Crippen LogP contribution in [0.4, 0.5) is 4.39 Å². The first kappa shape index (κ1) is 13.7. The molecule has 0 fully saturated rings. The normalized spacial score (nSPS) is 13.1. The molecule has 0 bridgehead atoms. The van der Waals surface area contributed by atoms with Gasteiger partial charge in [0, 0.05) is 10.9 Å². The average molecular weight is 289 g/mol. The molecule has 16 heavy (non-hydrogen) atoms. The van der Waals surface area contributed by atoms with E-state index < -0.39 is 0 Å². The van der Waals surface area contributed by atoms with E-state index in [1.165, 1.54) is 6.07 Å². The molecule has 0 aromatic heterocycles. The van der Waals surface area contributed by atoms with Crippen LogP contribution in [0.2, 0.25) is 0 Å². The van der Waals surface area contributed by atoms with E-state index >= 15 is 0 Å². The highest BCUT2D eigenvalue weighted by molar-refractivity contribution is 9.09. The summed E-state index contributed by atoms with van der Waals surface area (Å²) in [6.07, 6.45) is 0. The first-order chi connectivity index (χ1) is 7.65. The molecule has 1 nitrogen and oxygen atoms in total. The molecular weight excluding hydrogens is 271 g/mol. The van der Waals surface area contributed by atoms with E-state index in [1.807, 2.05) is 6.07 Å². The van der Waals surface area contributed by atoms with Crippen molar-refractivity contribution in [3.63, 3.8) is 0 Å². The van der Waals surface area contributed by atoms with Crippen LogP contribution < -0.4 is 0 Å². The van der Waals surface area contributed by atoms with Gasteiger partial charge in [0.05, 0.1) is 13.2 Å². The molecule has 0 spiro atoms. The molecule has 1 atom stereocenters. The Bertz CT molecular complexity index is 315. The van der Waals surface area contributed by atoms with Gasteiger partial charge < -0.3 is 4.74 Å². The molecule has 0 saturated heterocycles. The minimum Gasteiger partial charge on any atom is -0.376 e. The predicted octanol–water partition coefficient (Wildman–Crippen LogP) is 4.01. The van der Waals surface area contributed by atoms with Crippen molar-refractivity contribution < 1.29 is 9.13 Å². The van der Waals surface area contributed by atoms with Crippen LogP contribution in [-0.2, 0) is 11.3 Å². The van der Waals surface area contributed by atoms with Gasteiger partial charge in [0.2, 0.25) is 0 Å². The second-order valence-electron chi connectivity index (χ2n) is 4.26. The summed E-state index contributed by atoms with van der Waals surface area (Å²) in [6.45, 7) is 5.34. The lowest BCUT2D eigenvalue weighted by Crippen LogP contribution is -2.17. The summed E-state index contributed by atoms with van der Waals surface area (Å²) in [4.78, 5) is 0. The highest BCUT2D eigenvalue weighted by Gasteiger charge is 2.12. The van der Waals surface area contributed by atoms with Crippen LogP contribution in [0.1, 0.15) is 19.4 Å². The molecule has 90 valence electrons. The molecule has 0 saturated carbocycles. The van der Waals surface area contributed by atoms with Crippen molar-refractivity contribution in [3.05, 3.63) is 35.6 Å². The summed E-state index contributed by atoms with van der Waals surface area (Å²) in [5.74, 6) is 0.856. The van der Waals surface area contributed by atoms with Crippen LogP contribution in [0.5, 0.6) is 0 Å². The molecule has 0 aliphatic heterocycles. The number of halogens is 2. The van der Waals surface area contributed by atoms with Gasteiger partial charge in [-0.05, 0) is 17.9 Å². The molecule has 3 heteroatoms. The minimum absolute atomic E-state index is 0.192. The Morgan fingerprint density at radius 2 is 2.00 bits per heavy atom. The van der Waals surface area contributed by atoms with E-state index in [4.69, 9.17) is 4.74 Å². The lowest BCUT2D eigenvalue weighted by molar-refractivity contribution is 0.0783. The summed E-state index contributed by atoms with van der Waals surface area (Å²) < 4.78 is 18.8. The molecule has 1 unspecified atom stereocenters. The fourth-order valence-electron chi connectivity index (χ4n) is 1.35. The third kappa shape index (κ3) is 4.22. The van der Waals surface area contributed by atoms with Gasteiger partial charge in [-0.3, -0.25) is 0 Å². The first-order valence-corrected chi connectivity index (χ1v) is 6.64. The molecule has 0 aliphatic rings. The molecule has 0 heterocycles. The van der Waals surface area contributed by atoms with Crippen molar-refractivity contribution in [2.75, 3.05) is 11.9 Å². The largest absolute Gasteiger partial charge is 0.376 e. The maximum Gasteiger partial charge on any atom is 0.128 e. The number of rotatable bonds is 6. The first-order valence-electron chi connectivity index (χ1n) is 5.52. The predicted molar refractivity (Wildman–Crippen MR) is 68.2 cm³/mol. The zero-order valence-electron chi connectivity index (χ0n) is 9.75. The Labute approximate surface area is 105 Å². The van der Waals surface area contributed by atoms with E-state index in [2.05, 4.69) is 29.8 Å². The van der Waals surface area contributed by atoms with Gasteiger partial charge in [-0.25, -0.2) is 4.39 Å². The van der Waals surface area contributed by atoms with Crippen LogP contribution in [0, 0.1) is 17.7 Å². The van der Waals surface area contributed by atoms with Gasteiger partial charge in [0.1, 0.15) is 5.82 Å². The van der Waals surface area contributed by atoms with Crippen LogP contribution in [-0.4, -0.2) is 11.9 Å². The van der Waals surface area contributed by atoms with Crippen LogP contribution in [0.25, 0.3) is 0 Å². The van der Waals surface area contributed by atoms with Crippen LogP contribution in [0.15, 0.2) is 24.3 Å². The number of alkyl halides is 1. The second-order valence-corrected chi connectivity index (χ2v) is 4.91. The van der Waals surface area contributed by atoms with E-state index in [-0.39, 0.29) is 5.82 Å². The Hall–Kier alpha value is -0.410. The van der Waals surface area contributed by atoms with E-state index in [9.17, 15) is 4.39 Å². The highest BCUT2D eigenvalue weighted by Crippen LogP contribution is 2.15. The standard InChI is InChI=1S/C13H18BrFO/c1-10(2)12(7-14)9-16-8-11-5-3-4-6-13(11)15/h3-6,10,12H,7-9H2,1-2H3. The quantitative estimate of drug-likeness (QED) is 0.719. The van der Waals surface area contributed by atoms with Gasteiger partial charge in [0.25, 0.3) is 0 Å². The third-order valence-electron chi connectivity index (χ3n) is 2.69. The Kier molecular flexibility index (Phi) is 5.99. The van der Waals surface area contributed by atoms with E-state index in [0.717, 1.165) is 5.33 Å². The van der Waals surface area contributed by atoms with Gasteiger partial charge >= 0.3 is 0 Å². The molecule has 0 N–H and O–H groups in total. The van der Waals surface area contributed by atoms with Gasteiger partial charge in [-0.2, -0.15) is 0 Å². The van der Waals surface area contributed by atoms with Crippen LogP contribution in [0.3, 0.4) is 0 Å². The van der Waals surface area contributed by atoms with E-state index in [0.29, 0.717) is 30.6 Å². The SMILES string of the molecule is CC(C)C(CBr)COCc1ccccc1F. The number of hydrogen-bond acceptors (Lipinski definition) is 1.